The summed E-state index contributed by atoms with van der Waals surface area (Å²) in [4.78, 5) is 17.1. The quantitative estimate of drug-likeness (QED) is 0.833. The lowest BCUT2D eigenvalue weighted by Gasteiger charge is -2.32. The Balaban J connectivity index is 1.66. The molecule has 0 aromatic heterocycles. The number of halogens is 1. The largest absolute Gasteiger partial charge is 0.398 e. The first-order valence-electron chi connectivity index (χ1n) is 7.73. The maximum Gasteiger partial charge on any atom is 0.255 e. The summed E-state index contributed by atoms with van der Waals surface area (Å²) in [6.07, 6.45) is 5.03. The molecule has 2 aliphatic heterocycles. The van der Waals surface area contributed by atoms with E-state index in [-0.39, 0.29) is 5.91 Å². The Morgan fingerprint density at radius 3 is 2.67 bits per heavy atom. The summed E-state index contributed by atoms with van der Waals surface area (Å²) >= 11 is 3.38. The number of nitrogens with two attached hydrogens (primary N) is 1. The van der Waals surface area contributed by atoms with Crippen molar-refractivity contribution in [2.45, 2.75) is 31.7 Å². The Labute approximate surface area is 134 Å². The van der Waals surface area contributed by atoms with E-state index in [0.717, 1.165) is 24.0 Å². The van der Waals surface area contributed by atoms with Crippen LogP contribution in [0.3, 0.4) is 0 Å². The van der Waals surface area contributed by atoms with E-state index in [1.807, 2.05) is 17.0 Å². The minimum atomic E-state index is 0.0690. The number of hydrogen-bond donors (Lipinski definition) is 1. The number of carbonyl (C=O) groups is 1. The molecule has 1 aromatic carbocycles. The fraction of sp³-hybridized carbons (Fsp3) is 0.562. The number of benzene rings is 1. The number of nitrogens with zero attached hydrogens (tertiary/aromatic N) is 2. The van der Waals surface area contributed by atoms with Crippen molar-refractivity contribution in [3.8, 4) is 0 Å². The Morgan fingerprint density at radius 2 is 1.95 bits per heavy atom. The van der Waals surface area contributed by atoms with Gasteiger partial charge >= 0.3 is 0 Å². The van der Waals surface area contributed by atoms with Gasteiger partial charge in [-0.1, -0.05) is 22.4 Å². The highest BCUT2D eigenvalue weighted by Crippen LogP contribution is 2.24. The van der Waals surface area contributed by atoms with Gasteiger partial charge in [0.2, 0.25) is 0 Å². The van der Waals surface area contributed by atoms with Crippen LogP contribution in [0.2, 0.25) is 0 Å². The zero-order valence-corrected chi connectivity index (χ0v) is 13.8. The van der Waals surface area contributed by atoms with Crippen LogP contribution in [0.15, 0.2) is 22.7 Å². The van der Waals surface area contributed by atoms with Gasteiger partial charge in [0.1, 0.15) is 0 Å². The molecule has 114 valence electrons. The smallest absolute Gasteiger partial charge is 0.255 e. The monoisotopic (exact) mass is 351 g/mol. The van der Waals surface area contributed by atoms with Crippen molar-refractivity contribution < 1.29 is 4.79 Å². The van der Waals surface area contributed by atoms with Crippen LogP contribution in [-0.2, 0) is 0 Å². The lowest BCUT2D eigenvalue weighted by molar-refractivity contribution is 0.0772. The molecule has 0 spiro atoms. The molecule has 3 rings (SSSR count). The molecule has 4 nitrogen and oxygen atoms in total. The molecule has 2 saturated heterocycles. The lowest BCUT2D eigenvalue weighted by Crippen LogP contribution is -2.41. The summed E-state index contributed by atoms with van der Waals surface area (Å²) in [7, 11) is 0. The van der Waals surface area contributed by atoms with E-state index in [9.17, 15) is 4.79 Å². The van der Waals surface area contributed by atoms with Crippen LogP contribution in [-0.4, -0.2) is 47.9 Å². The summed E-state index contributed by atoms with van der Waals surface area (Å²) in [6.45, 7) is 4.06. The minimum Gasteiger partial charge on any atom is -0.398 e. The maximum atomic E-state index is 12.6. The zero-order valence-electron chi connectivity index (χ0n) is 12.2. The molecule has 2 N–H and O–H groups in total. The predicted octanol–water partition coefficient (Wildman–Crippen LogP) is 2.73. The Hall–Kier alpha value is -1.07. The molecule has 1 aromatic rings. The summed E-state index contributed by atoms with van der Waals surface area (Å²) < 4.78 is 0.907. The molecule has 5 heteroatoms. The Kier molecular flexibility index (Phi) is 4.50. The van der Waals surface area contributed by atoms with E-state index >= 15 is 0 Å². The van der Waals surface area contributed by atoms with Gasteiger partial charge in [0.15, 0.2) is 0 Å². The normalized spacial score (nSPS) is 23.5. The first-order valence-corrected chi connectivity index (χ1v) is 8.53. The molecule has 0 radical (unpaired) electrons. The molecular formula is C16H22BrN3O. The first kappa shape index (κ1) is 14.9. The molecule has 21 heavy (non-hydrogen) atoms. The number of hydrogen-bond acceptors (Lipinski definition) is 3. The standard InChI is InChI=1S/C16H22BrN3O/c17-12-4-5-14(15(18)10-12)16(21)20-9-6-13(11-20)19-7-2-1-3-8-19/h4-5,10,13H,1-3,6-9,11,18H2. The highest BCUT2D eigenvalue weighted by atomic mass is 79.9. The molecule has 0 aliphatic carbocycles. The summed E-state index contributed by atoms with van der Waals surface area (Å²) in [5, 5.41) is 0. The van der Waals surface area contributed by atoms with Crippen molar-refractivity contribution in [1.29, 1.82) is 0 Å². The number of amides is 1. The molecule has 2 aliphatic rings. The molecule has 2 heterocycles. The average Bonchev–Trinajstić information content (AvgIpc) is 2.97. The Morgan fingerprint density at radius 1 is 1.19 bits per heavy atom. The zero-order chi connectivity index (χ0) is 14.8. The van der Waals surface area contributed by atoms with Gasteiger partial charge in [-0.2, -0.15) is 0 Å². The number of piperidine rings is 1. The van der Waals surface area contributed by atoms with Crippen molar-refractivity contribution in [1.82, 2.24) is 9.80 Å². The maximum absolute atomic E-state index is 12.6. The van der Waals surface area contributed by atoms with Gasteiger partial charge in [0.25, 0.3) is 5.91 Å². The van der Waals surface area contributed by atoms with Gasteiger partial charge in [0.05, 0.1) is 5.56 Å². The van der Waals surface area contributed by atoms with Crippen LogP contribution in [0, 0.1) is 0 Å². The molecular weight excluding hydrogens is 330 g/mol. The van der Waals surface area contributed by atoms with Gasteiger partial charge in [0, 0.05) is 29.3 Å². The van der Waals surface area contributed by atoms with Gasteiger partial charge < -0.3 is 10.6 Å². The minimum absolute atomic E-state index is 0.0690. The fourth-order valence-corrected chi connectivity index (χ4v) is 3.79. The second kappa shape index (κ2) is 6.36. The number of nitrogen functional groups attached to an aromatic ring is 1. The van der Waals surface area contributed by atoms with Crippen molar-refractivity contribution >= 4 is 27.5 Å². The van der Waals surface area contributed by atoms with E-state index in [1.165, 1.54) is 32.4 Å². The first-order chi connectivity index (χ1) is 10.1. The van der Waals surface area contributed by atoms with Crippen molar-refractivity contribution in [3.63, 3.8) is 0 Å². The SMILES string of the molecule is Nc1cc(Br)ccc1C(=O)N1CCC(N2CCCCC2)C1. The highest BCUT2D eigenvalue weighted by Gasteiger charge is 2.31. The average molecular weight is 352 g/mol. The molecule has 1 atom stereocenters. The molecule has 0 saturated carbocycles. The van der Waals surface area contributed by atoms with Gasteiger partial charge in [-0.3, -0.25) is 9.69 Å². The van der Waals surface area contributed by atoms with E-state index in [0.29, 0.717) is 17.3 Å². The topological polar surface area (TPSA) is 49.6 Å². The number of carbonyl (C=O) groups excluding carboxylic acids is 1. The predicted molar refractivity (Wildman–Crippen MR) is 88.3 cm³/mol. The van der Waals surface area contributed by atoms with Crippen LogP contribution in [0.4, 0.5) is 5.69 Å². The van der Waals surface area contributed by atoms with E-state index in [4.69, 9.17) is 5.73 Å². The third kappa shape index (κ3) is 3.24. The number of likely N-dealkylation sites (tertiary alicyclic amines) is 2. The van der Waals surface area contributed by atoms with Gasteiger partial charge in [-0.05, 0) is 50.6 Å². The van der Waals surface area contributed by atoms with E-state index in [2.05, 4.69) is 20.8 Å². The summed E-state index contributed by atoms with van der Waals surface area (Å²) in [5.41, 5.74) is 7.15. The van der Waals surface area contributed by atoms with Crippen LogP contribution < -0.4 is 5.73 Å². The third-order valence-electron chi connectivity index (χ3n) is 4.60. The van der Waals surface area contributed by atoms with E-state index < -0.39 is 0 Å². The van der Waals surface area contributed by atoms with Crippen molar-refractivity contribution in [3.05, 3.63) is 28.2 Å². The Bertz CT molecular complexity index is 528. The molecule has 1 amide bonds. The summed E-state index contributed by atoms with van der Waals surface area (Å²) in [6, 6.07) is 6.02. The third-order valence-corrected chi connectivity index (χ3v) is 5.09. The highest BCUT2D eigenvalue weighted by molar-refractivity contribution is 9.10. The van der Waals surface area contributed by atoms with Crippen LogP contribution in [0.5, 0.6) is 0 Å². The number of anilines is 1. The van der Waals surface area contributed by atoms with Crippen LogP contribution in [0.1, 0.15) is 36.0 Å². The summed E-state index contributed by atoms with van der Waals surface area (Å²) in [5.74, 6) is 0.0690. The van der Waals surface area contributed by atoms with Crippen molar-refractivity contribution in [2.75, 3.05) is 31.9 Å². The van der Waals surface area contributed by atoms with Crippen LogP contribution >= 0.6 is 15.9 Å². The lowest BCUT2D eigenvalue weighted by atomic mass is 10.1. The molecule has 0 bridgehead atoms. The number of rotatable bonds is 2. The second-order valence-corrected chi connectivity index (χ2v) is 6.94. The molecule has 2 fully saturated rings. The molecule has 1 unspecified atom stereocenters. The van der Waals surface area contributed by atoms with Crippen LogP contribution in [0.25, 0.3) is 0 Å². The second-order valence-electron chi connectivity index (χ2n) is 6.02. The van der Waals surface area contributed by atoms with Crippen molar-refractivity contribution in [2.24, 2.45) is 0 Å². The van der Waals surface area contributed by atoms with E-state index in [1.54, 1.807) is 6.07 Å². The fourth-order valence-electron chi connectivity index (χ4n) is 3.41. The van der Waals surface area contributed by atoms with Gasteiger partial charge in [-0.25, -0.2) is 0 Å². The van der Waals surface area contributed by atoms with Gasteiger partial charge in [-0.15, -0.1) is 0 Å².